The van der Waals surface area contributed by atoms with Crippen LogP contribution in [0.4, 0.5) is 0 Å². The van der Waals surface area contributed by atoms with Crippen LogP contribution >= 0.6 is 0 Å². The Morgan fingerprint density at radius 3 is 3.10 bits per heavy atom. The van der Waals surface area contributed by atoms with Crippen LogP contribution in [-0.4, -0.2) is 38.0 Å². The molecule has 1 amide bonds. The molecule has 1 atom stereocenters. The summed E-state index contributed by atoms with van der Waals surface area (Å²) in [4.78, 5) is 12.1. The Bertz CT molecular complexity index is 116. The van der Waals surface area contributed by atoms with E-state index in [1.54, 1.807) is 6.41 Å². The van der Waals surface area contributed by atoms with Gasteiger partial charge in [0.2, 0.25) is 0 Å². The molecule has 1 aliphatic rings. The lowest BCUT2D eigenvalue weighted by Gasteiger charge is -2.07. The maximum Gasteiger partial charge on any atom is 0.309 e. The summed E-state index contributed by atoms with van der Waals surface area (Å²) in [6.07, 6.45) is 2.89. The number of rotatable bonds is 3. The van der Waals surface area contributed by atoms with Crippen LogP contribution in [0.25, 0.3) is 0 Å². The van der Waals surface area contributed by atoms with Gasteiger partial charge in [-0.2, -0.15) is 0 Å². The van der Waals surface area contributed by atoms with Gasteiger partial charge in [0, 0.05) is 13.1 Å². The summed E-state index contributed by atoms with van der Waals surface area (Å²) in [5.74, 6) is 0.645. The minimum atomic E-state index is 0.645. The maximum absolute atomic E-state index is 9.79. The average Bonchev–Trinajstić information content (AvgIpc) is 2.31. The van der Waals surface area contributed by atoms with Gasteiger partial charge in [0.25, 0.3) is 0 Å². The van der Waals surface area contributed by atoms with Crippen LogP contribution in [0.1, 0.15) is 6.42 Å². The lowest BCUT2D eigenvalue weighted by atomic mass is 10.1. The molecule has 1 heterocycles. The molecule has 1 fully saturated rings. The minimum absolute atomic E-state index is 0.645. The zero-order valence-corrected chi connectivity index (χ0v) is 6.26. The Morgan fingerprint density at radius 1 is 1.80 bits per heavy atom. The molecule has 0 aromatic rings. The summed E-state index contributed by atoms with van der Waals surface area (Å²) in [7, 11) is 2.10. The van der Waals surface area contributed by atoms with E-state index in [9.17, 15) is 4.79 Å². The molecule has 0 aromatic heterocycles. The first-order valence-electron chi connectivity index (χ1n) is 3.61. The second kappa shape index (κ2) is 3.56. The molecule has 0 aliphatic carbocycles. The van der Waals surface area contributed by atoms with Crippen molar-refractivity contribution in [1.29, 1.82) is 0 Å². The van der Waals surface area contributed by atoms with Crippen molar-refractivity contribution in [3.05, 3.63) is 0 Å². The topological polar surface area (TPSA) is 32.3 Å². The normalized spacial score (nSPS) is 26.7. The number of hydrogen-bond donors (Lipinski definition) is 1. The highest BCUT2D eigenvalue weighted by Gasteiger charge is 2.18. The van der Waals surface area contributed by atoms with Crippen molar-refractivity contribution < 1.29 is 4.79 Å². The van der Waals surface area contributed by atoms with Crippen molar-refractivity contribution in [3.8, 4) is 0 Å². The SMILES string of the molecule is CN1CCC(CN[C]=O)C1. The van der Waals surface area contributed by atoms with Gasteiger partial charge < -0.3 is 10.2 Å². The molecule has 0 bridgehead atoms. The Labute approximate surface area is 61.4 Å². The Kier molecular flexibility index (Phi) is 2.68. The lowest BCUT2D eigenvalue weighted by Crippen LogP contribution is -2.23. The molecule has 1 unspecified atom stereocenters. The first kappa shape index (κ1) is 7.54. The molecule has 0 saturated carbocycles. The Hall–Kier alpha value is -0.570. The molecule has 1 N–H and O–H groups in total. The standard InChI is InChI=1S/C7H13N2O/c1-9-3-2-7(5-9)4-8-6-10/h7H,2-5H2,1H3,(H,8,10). The number of amides is 1. The van der Waals surface area contributed by atoms with E-state index in [1.165, 1.54) is 6.42 Å². The first-order valence-corrected chi connectivity index (χ1v) is 3.61. The van der Waals surface area contributed by atoms with E-state index in [0.29, 0.717) is 5.92 Å². The van der Waals surface area contributed by atoms with E-state index >= 15 is 0 Å². The molecular weight excluding hydrogens is 128 g/mol. The van der Waals surface area contributed by atoms with E-state index in [1.807, 2.05) is 0 Å². The molecule has 1 radical (unpaired) electrons. The van der Waals surface area contributed by atoms with Crippen molar-refractivity contribution in [2.75, 3.05) is 26.7 Å². The predicted molar refractivity (Wildman–Crippen MR) is 39.3 cm³/mol. The monoisotopic (exact) mass is 141 g/mol. The smallest absolute Gasteiger partial charge is 0.309 e. The van der Waals surface area contributed by atoms with Gasteiger partial charge in [0.15, 0.2) is 0 Å². The number of nitrogens with one attached hydrogen (secondary N) is 1. The maximum atomic E-state index is 9.79. The predicted octanol–water partition coefficient (Wildman–Crippen LogP) is -0.405. The van der Waals surface area contributed by atoms with Gasteiger partial charge >= 0.3 is 6.41 Å². The molecule has 57 valence electrons. The minimum Gasteiger partial charge on any atom is -0.348 e. The summed E-state index contributed by atoms with van der Waals surface area (Å²) < 4.78 is 0. The molecular formula is C7H13N2O. The third kappa shape index (κ3) is 1.99. The van der Waals surface area contributed by atoms with Crippen LogP contribution in [0.15, 0.2) is 0 Å². The fraction of sp³-hybridized carbons (Fsp3) is 0.857. The molecule has 1 saturated heterocycles. The van der Waals surface area contributed by atoms with Crippen LogP contribution in [0.2, 0.25) is 0 Å². The van der Waals surface area contributed by atoms with E-state index in [-0.39, 0.29) is 0 Å². The van der Waals surface area contributed by atoms with Crippen LogP contribution in [0, 0.1) is 5.92 Å². The fourth-order valence-corrected chi connectivity index (χ4v) is 1.38. The van der Waals surface area contributed by atoms with Crippen molar-refractivity contribution in [2.24, 2.45) is 5.92 Å². The number of carbonyl (C=O) groups excluding carboxylic acids is 1. The highest BCUT2D eigenvalue weighted by molar-refractivity contribution is 5.46. The van der Waals surface area contributed by atoms with Gasteiger partial charge in [-0.1, -0.05) is 0 Å². The van der Waals surface area contributed by atoms with Crippen molar-refractivity contribution >= 4 is 6.41 Å². The van der Waals surface area contributed by atoms with E-state index in [4.69, 9.17) is 0 Å². The van der Waals surface area contributed by atoms with Crippen LogP contribution in [0.3, 0.4) is 0 Å². The van der Waals surface area contributed by atoms with E-state index in [0.717, 1.165) is 19.6 Å². The summed E-state index contributed by atoms with van der Waals surface area (Å²) in [5, 5.41) is 2.58. The number of hydrogen-bond acceptors (Lipinski definition) is 2. The van der Waals surface area contributed by atoms with Gasteiger partial charge in [-0.15, -0.1) is 0 Å². The van der Waals surface area contributed by atoms with E-state index in [2.05, 4.69) is 17.3 Å². The van der Waals surface area contributed by atoms with Gasteiger partial charge in [-0.05, 0) is 25.9 Å². The second-order valence-corrected chi connectivity index (χ2v) is 2.90. The van der Waals surface area contributed by atoms with Crippen LogP contribution in [-0.2, 0) is 4.79 Å². The lowest BCUT2D eigenvalue weighted by molar-refractivity contribution is 0.393. The zero-order chi connectivity index (χ0) is 7.40. The van der Waals surface area contributed by atoms with Gasteiger partial charge in [0.1, 0.15) is 0 Å². The summed E-state index contributed by atoms with van der Waals surface area (Å²) in [5.41, 5.74) is 0. The largest absolute Gasteiger partial charge is 0.348 e. The summed E-state index contributed by atoms with van der Waals surface area (Å²) >= 11 is 0. The van der Waals surface area contributed by atoms with Crippen molar-refractivity contribution in [2.45, 2.75) is 6.42 Å². The molecule has 1 rings (SSSR count). The molecule has 3 heteroatoms. The van der Waals surface area contributed by atoms with Gasteiger partial charge in [-0.25, -0.2) is 0 Å². The van der Waals surface area contributed by atoms with Gasteiger partial charge in [0.05, 0.1) is 0 Å². The van der Waals surface area contributed by atoms with Crippen LogP contribution < -0.4 is 5.32 Å². The summed E-state index contributed by atoms with van der Waals surface area (Å²) in [6.45, 7) is 3.05. The Balaban J connectivity index is 2.12. The molecule has 10 heavy (non-hydrogen) atoms. The quantitative estimate of drug-likeness (QED) is 0.542. The molecule has 3 nitrogen and oxygen atoms in total. The molecule has 0 spiro atoms. The van der Waals surface area contributed by atoms with Crippen molar-refractivity contribution in [3.63, 3.8) is 0 Å². The van der Waals surface area contributed by atoms with Crippen molar-refractivity contribution in [1.82, 2.24) is 10.2 Å². The molecule has 1 aliphatic heterocycles. The zero-order valence-electron chi connectivity index (χ0n) is 6.26. The number of nitrogens with zero attached hydrogens (tertiary/aromatic N) is 1. The average molecular weight is 141 g/mol. The Morgan fingerprint density at radius 2 is 2.60 bits per heavy atom. The highest BCUT2D eigenvalue weighted by atomic mass is 16.1. The number of likely N-dealkylation sites (tertiary alicyclic amines) is 1. The van der Waals surface area contributed by atoms with Crippen LogP contribution in [0.5, 0.6) is 0 Å². The highest BCUT2D eigenvalue weighted by Crippen LogP contribution is 2.12. The first-order chi connectivity index (χ1) is 4.83. The fourth-order valence-electron chi connectivity index (χ4n) is 1.38. The third-order valence-electron chi connectivity index (χ3n) is 1.95. The van der Waals surface area contributed by atoms with E-state index < -0.39 is 0 Å². The summed E-state index contributed by atoms with van der Waals surface area (Å²) in [6, 6.07) is 0. The van der Waals surface area contributed by atoms with Gasteiger partial charge in [-0.3, -0.25) is 4.79 Å². The molecule has 0 aromatic carbocycles. The second-order valence-electron chi connectivity index (χ2n) is 2.90. The third-order valence-corrected chi connectivity index (χ3v) is 1.95.